The predicted molar refractivity (Wildman–Crippen MR) is 117 cm³/mol. The number of benzene rings is 3. The molecule has 6 nitrogen and oxygen atoms in total. The van der Waals surface area contributed by atoms with Crippen LogP contribution in [0.15, 0.2) is 78.9 Å². The van der Waals surface area contributed by atoms with Crippen molar-refractivity contribution in [2.75, 3.05) is 11.9 Å². The SMILES string of the molecule is CC(=O)c1cccc(NC(=O)[C@H](OC(=O)COc2ccccc2C)c2ccccc2)c1. The lowest BCUT2D eigenvalue weighted by molar-refractivity contribution is -0.156. The molecule has 0 heterocycles. The molecular weight excluding hydrogens is 394 g/mol. The number of hydrogen-bond acceptors (Lipinski definition) is 5. The summed E-state index contributed by atoms with van der Waals surface area (Å²) in [5.74, 6) is -0.752. The molecule has 0 aliphatic heterocycles. The van der Waals surface area contributed by atoms with Gasteiger partial charge in [-0.3, -0.25) is 9.59 Å². The number of aryl methyl sites for hydroxylation is 1. The average Bonchev–Trinajstić information content (AvgIpc) is 2.77. The van der Waals surface area contributed by atoms with Crippen LogP contribution < -0.4 is 10.1 Å². The molecule has 6 heteroatoms. The molecule has 0 aliphatic carbocycles. The van der Waals surface area contributed by atoms with Gasteiger partial charge in [-0.1, -0.05) is 60.7 Å². The van der Waals surface area contributed by atoms with Crippen LogP contribution in [0, 0.1) is 6.92 Å². The topological polar surface area (TPSA) is 81.7 Å². The molecule has 0 unspecified atom stereocenters. The summed E-state index contributed by atoms with van der Waals surface area (Å²) in [5.41, 5.74) is 2.31. The van der Waals surface area contributed by atoms with E-state index in [0.717, 1.165) is 5.56 Å². The van der Waals surface area contributed by atoms with E-state index in [4.69, 9.17) is 9.47 Å². The molecule has 0 fully saturated rings. The normalized spacial score (nSPS) is 11.3. The van der Waals surface area contributed by atoms with Crippen molar-refractivity contribution >= 4 is 23.3 Å². The van der Waals surface area contributed by atoms with Crippen molar-refractivity contribution in [1.82, 2.24) is 0 Å². The molecule has 158 valence electrons. The summed E-state index contributed by atoms with van der Waals surface area (Å²) in [6.45, 7) is 2.99. The van der Waals surface area contributed by atoms with Gasteiger partial charge in [0.2, 0.25) is 6.10 Å². The van der Waals surface area contributed by atoms with Gasteiger partial charge in [-0.15, -0.1) is 0 Å². The summed E-state index contributed by atoms with van der Waals surface area (Å²) < 4.78 is 11.0. The summed E-state index contributed by atoms with van der Waals surface area (Å²) in [7, 11) is 0. The number of ketones is 1. The molecule has 1 N–H and O–H groups in total. The molecule has 0 saturated carbocycles. The average molecular weight is 417 g/mol. The first-order valence-electron chi connectivity index (χ1n) is 9.79. The fourth-order valence-corrected chi connectivity index (χ4v) is 2.95. The number of nitrogens with one attached hydrogen (secondary N) is 1. The van der Waals surface area contributed by atoms with Crippen LogP contribution >= 0.6 is 0 Å². The molecule has 3 rings (SSSR count). The van der Waals surface area contributed by atoms with E-state index in [9.17, 15) is 14.4 Å². The van der Waals surface area contributed by atoms with Gasteiger partial charge >= 0.3 is 5.97 Å². The second kappa shape index (κ2) is 10.2. The second-order valence-corrected chi connectivity index (χ2v) is 6.96. The molecule has 0 saturated heterocycles. The van der Waals surface area contributed by atoms with Gasteiger partial charge in [0.25, 0.3) is 5.91 Å². The lowest BCUT2D eigenvalue weighted by Gasteiger charge is -2.18. The van der Waals surface area contributed by atoms with Crippen molar-refractivity contribution in [3.8, 4) is 5.75 Å². The summed E-state index contributed by atoms with van der Waals surface area (Å²) in [6, 6.07) is 22.6. The van der Waals surface area contributed by atoms with Crippen LogP contribution in [0.3, 0.4) is 0 Å². The van der Waals surface area contributed by atoms with E-state index in [2.05, 4.69) is 5.32 Å². The number of hydrogen-bond donors (Lipinski definition) is 1. The highest BCUT2D eigenvalue weighted by Crippen LogP contribution is 2.22. The quantitative estimate of drug-likeness (QED) is 0.431. The summed E-state index contributed by atoms with van der Waals surface area (Å²) in [6.07, 6.45) is -1.17. The zero-order valence-corrected chi connectivity index (χ0v) is 17.3. The summed E-state index contributed by atoms with van der Waals surface area (Å²) in [4.78, 5) is 37.0. The van der Waals surface area contributed by atoms with E-state index in [-0.39, 0.29) is 12.4 Å². The lowest BCUT2D eigenvalue weighted by atomic mass is 10.1. The Morgan fingerprint density at radius 1 is 0.903 bits per heavy atom. The summed E-state index contributed by atoms with van der Waals surface area (Å²) >= 11 is 0. The number of carbonyl (C=O) groups excluding carboxylic acids is 3. The molecule has 1 amide bonds. The lowest BCUT2D eigenvalue weighted by Crippen LogP contribution is -2.28. The molecular formula is C25H23NO5. The maximum Gasteiger partial charge on any atom is 0.345 e. The van der Waals surface area contributed by atoms with Crippen LogP contribution in [-0.2, 0) is 14.3 Å². The smallest absolute Gasteiger partial charge is 0.345 e. The maximum atomic E-state index is 12.9. The Balaban J connectivity index is 1.73. The van der Waals surface area contributed by atoms with Crippen LogP contribution in [0.25, 0.3) is 0 Å². The number of rotatable bonds is 8. The van der Waals surface area contributed by atoms with E-state index in [1.54, 1.807) is 60.7 Å². The van der Waals surface area contributed by atoms with Crippen LogP contribution in [0.2, 0.25) is 0 Å². The number of ether oxygens (including phenoxy) is 2. The van der Waals surface area contributed by atoms with Gasteiger partial charge in [-0.2, -0.15) is 0 Å². The number of Topliss-reactive ketones (excluding diaryl/α,β-unsaturated/α-hetero) is 1. The molecule has 3 aromatic carbocycles. The molecule has 31 heavy (non-hydrogen) atoms. The van der Waals surface area contributed by atoms with Gasteiger partial charge < -0.3 is 14.8 Å². The first-order chi connectivity index (χ1) is 14.9. The van der Waals surface area contributed by atoms with Gasteiger partial charge in [0, 0.05) is 16.8 Å². The monoisotopic (exact) mass is 417 g/mol. The number of para-hydroxylation sites is 1. The van der Waals surface area contributed by atoms with Crippen LogP contribution in [0.5, 0.6) is 5.75 Å². The fourth-order valence-electron chi connectivity index (χ4n) is 2.95. The molecule has 0 bridgehead atoms. The van der Waals surface area contributed by atoms with Crippen molar-refractivity contribution in [2.24, 2.45) is 0 Å². The van der Waals surface area contributed by atoms with Crippen molar-refractivity contribution in [3.05, 3.63) is 95.6 Å². The Bertz CT molecular complexity index is 1080. The van der Waals surface area contributed by atoms with Crippen molar-refractivity contribution in [1.29, 1.82) is 0 Å². The standard InChI is InChI=1S/C25H23NO5/c1-17-9-6-7-14-22(17)30-16-23(28)31-24(19-10-4-3-5-11-19)25(29)26-21-13-8-12-20(15-21)18(2)27/h3-15,24H,16H2,1-2H3,(H,26,29)/t24-/m1/s1. The zero-order chi connectivity index (χ0) is 22.2. The Labute approximate surface area is 180 Å². The highest BCUT2D eigenvalue weighted by atomic mass is 16.6. The summed E-state index contributed by atoms with van der Waals surface area (Å²) in [5, 5.41) is 2.71. The van der Waals surface area contributed by atoms with Crippen LogP contribution in [-0.4, -0.2) is 24.3 Å². The molecule has 0 radical (unpaired) electrons. The molecule has 0 spiro atoms. The van der Waals surface area contributed by atoms with Crippen LogP contribution in [0.1, 0.15) is 34.5 Å². The minimum atomic E-state index is -1.17. The van der Waals surface area contributed by atoms with E-state index < -0.39 is 18.0 Å². The van der Waals surface area contributed by atoms with Crippen molar-refractivity contribution in [3.63, 3.8) is 0 Å². The molecule has 1 atom stereocenters. The van der Waals surface area contributed by atoms with Gasteiger partial charge in [0.15, 0.2) is 12.4 Å². The Hall–Kier alpha value is -3.93. The third kappa shape index (κ3) is 6.02. The maximum absolute atomic E-state index is 12.9. The predicted octanol–water partition coefficient (Wildman–Crippen LogP) is 4.50. The van der Waals surface area contributed by atoms with Crippen molar-refractivity contribution < 1.29 is 23.9 Å². The van der Waals surface area contributed by atoms with Crippen molar-refractivity contribution in [2.45, 2.75) is 20.0 Å². The first kappa shape index (κ1) is 21.8. The molecule has 0 aromatic heterocycles. The van der Waals surface area contributed by atoms with Crippen LogP contribution in [0.4, 0.5) is 5.69 Å². The van der Waals surface area contributed by atoms with E-state index in [0.29, 0.717) is 22.6 Å². The zero-order valence-electron chi connectivity index (χ0n) is 17.3. The van der Waals surface area contributed by atoms with E-state index in [1.807, 2.05) is 25.1 Å². The largest absolute Gasteiger partial charge is 0.482 e. The van der Waals surface area contributed by atoms with Gasteiger partial charge in [0.05, 0.1) is 0 Å². The van der Waals surface area contributed by atoms with Gasteiger partial charge in [0.1, 0.15) is 5.75 Å². The van der Waals surface area contributed by atoms with E-state index in [1.165, 1.54) is 6.92 Å². The highest BCUT2D eigenvalue weighted by Gasteiger charge is 2.25. The number of anilines is 1. The third-order valence-electron chi connectivity index (χ3n) is 4.57. The molecule has 3 aromatic rings. The highest BCUT2D eigenvalue weighted by molar-refractivity contribution is 5.99. The minimum Gasteiger partial charge on any atom is -0.482 e. The molecule has 0 aliphatic rings. The third-order valence-corrected chi connectivity index (χ3v) is 4.57. The fraction of sp³-hybridized carbons (Fsp3) is 0.160. The first-order valence-corrected chi connectivity index (χ1v) is 9.79. The minimum absolute atomic E-state index is 0.115. The Morgan fingerprint density at radius 3 is 2.32 bits per heavy atom. The Morgan fingerprint density at radius 2 is 1.61 bits per heavy atom. The van der Waals surface area contributed by atoms with Gasteiger partial charge in [-0.05, 0) is 37.6 Å². The second-order valence-electron chi connectivity index (χ2n) is 6.96. The van der Waals surface area contributed by atoms with Gasteiger partial charge in [-0.25, -0.2) is 4.79 Å². The number of amides is 1. The number of esters is 1. The number of carbonyl (C=O) groups is 3. The van der Waals surface area contributed by atoms with E-state index >= 15 is 0 Å². The Kier molecular flexibility index (Phi) is 7.17.